The van der Waals surface area contributed by atoms with Gasteiger partial charge in [-0.2, -0.15) is 0 Å². The van der Waals surface area contributed by atoms with Crippen LogP contribution in [0.1, 0.15) is 16.3 Å². The first-order chi connectivity index (χ1) is 14.1. The third-order valence-electron chi connectivity index (χ3n) is 4.32. The van der Waals surface area contributed by atoms with Crippen LogP contribution in [-0.4, -0.2) is 15.9 Å². The average molecular weight is 484 g/mol. The zero-order valence-corrected chi connectivity index (χ0v) is 18.9. The lowest BCUT2D eigenvalue weighted by atomic mass is 10.1. The Bertz CT molecular complexity index is 1130. The summed E-state index contributed by atoms with van der Waals surface area (Å²) < 4.78 is 1.01. The summed E-state index contributed by atoms with van der Waals surface area (Å²) in [5, 5.41) is 8.95. The molecule has 0 aliphatic carbocycles. The minimum atomic E-state index is -0.0321. The number of aromatic nitrogens is 2. The molecule has 0 fully saturated rings. The minimum absolute atomic E-state index is 0.0321. The highest BCUT2D eigenvalue weighted by molar-refractivity contribution is 9.10. The normalized spacial score (nSPS) is 10.8. The summed E-state index contributed by atoms with van der Waals surface area (Å²) in [5.74, 6) is -0.0321. The van der Waals surface area contributed by atoms with E-state index in [1.165, 1.54) is 0 Å². The van der Waals surface area contributed by atoms with Gasteiger partial charge in [0, 0.05) is 32.9 Å². The van der Waals surface area contributed by atoms with Crippen molar-refractivity contribution in [2.75, 3.05) is 0 Å². The van der Waals surface area contributed by atoms with E-state index in [4.69, 9.17) is 0 Å². The minimum Gasteiger partial charge on any atom is -0.352 e. The molecule has 0 saturated heterocycles. The number of hydrogen-bond acceptors (Lipinski definition) is 5. The summed E-state index contributed by atoms with van der Waals surface area (Å²) in [6.45, 7) is 2.50. The number of amides is 1. The molecule has 29 heavy (non-hydrogen) atoms. The molecule has 2 aromatic carbocycles. The predicted molar refractivity (Wildman–Crippen MR) is 123 cm³/mol. The highest BCUT2D eigenvalue weighted by Gasteiger charge is 2.10. The Morgan fingerprint density at radius 3 is 2.59 bits per heavy atom. The summed E-state index contributed by atoms with van der Waals surface area (Å²) in [5.41, 5.74) is 4.98. The monoisotopic (exact) mass is 483 g/mol. The molecule has 0 aliphatic rings. The van der Waals surface area contributed by atoms with Crippen molar-refractivity contribution in [1.29, 1.82) is 0 Å². The van der Waals surface area contributed by atoms with Crippen LogP contribution in [0, 0.1) is 6.92 Å². The Labute approximate surface area is 185 Å². The van der Waals surface area contributed by atoms with Crippen LogP contribution in [0.5, 0.6) is 0 Å². The van der Waals surface area contributed by atoms with Gasteiger partial charge in [0.1, 0.15) is 5.01 Å². The number of nitrogens with zero attached hydrogens (tertiary/aromatic N) is 2. The molecule has 2 heterocycles. The molecule has 2 aromatic heterocycles. The third kappa shape index (κ3) is 5.18. The van der Waals surface area contributed by atoms with E-state index in [0.717, 1.165) is 42.6 Å². The van der Waals surface area contributed by atoms with Crippen molar-refractivity contribution < 1.29 is 4.79 Å². The topological polar surface area (TPSA) is 54.9 Å². The summed E-state index contributed by atoms with van der Waals surface area (Å²) >= 11 is 6.67. The maximum Gasteiger partial charge on any atom is 0.226 e. The van der Waals surface area contributed by atoms with Crippen molar-refractivity contribution in [3.8, 4) is 21.8 Å². The molecule has 0 bridgehead atoms. The second-order valence-electron chi connectivity index (χ2n) is 6.56. The third-order valence-corrected chi connectivity index (χ3v) is 6.53. The molecule has 7 heteroatoms. The zero-order chi connectivity index (χ0) is 20.2. The summed E-state index contributed by atoms with van der Waals surface area (Å²) in [4.78, 5) is 21.4. The van der Waals surface area contributed by atoms with Crippen LogP contribution in [0.4, 0.5) is 0 Å². The van der Waals surface area contributed by atoms with E-state index in [1.807, 2.05) is 60.8 Å². The quantitative estimate of drug-likeness (QED) is 0.373. The molecule has 1 amide bonds. The van der Waals surface area contributed by atoms with Crippen LogP contribution in [-0.2, 0) is 17.8 Å². The number of benzene rings is 2. The number of aryl methyl sites for hydroxylation is 1. The molecule has 0 saturated carbocycles. The van der Waals surface area contributed by atoms with E-state index >= 15 is 0 Å². The van der Waals surface area contributed by atoms with Gasteiger partial charge in [-0.3, -0.25) is 4.79 Å². The standard InChI is InChI=1S/C22H18BrN3OS2/c1-14-25-20(13-28-14)16-7-5-15(6-8-16)11-24-21(27)10-19-12-29-22(26-19)17-3-2-4-18(23)9-17/h2-9,12-13H,10-11H2,1H3,(H,24,27). The van der Waals surface area contributed by atoms with E-state index in [1.54, 1.807) is 22.7 Å². The average Bonchev–Trinajstić information content (AvgIpc) is 3.36. The van der Waals surface area contributed by atoms with Crippen LogP contribution in [0.3, 0.4) is 0 Å². The molecule has 0 spiro atoms. The number of thiazole rings is 2. The maximum absolute atomic E-state index is 12.3. The largest absolute Gasteiger partial charge is 0.352 e. The van der Waals surface area contributed by atoms with Gasteiger partial charge in [0.05, 0.1) is 22.8 Å². The fourth-order valence-electron chi connectivity index (χ4n) is 2.86. The summed E-state index contributed by atoms with van der Waals surface area (Å²) in [7, 11) is 0. The second-order valence-corrected chi connectivity index (χ2v) is 9.39. The van der Waals surface area contributed by atoms with E-state index in [-0.39, 0.29) is 12.3 Å². The van der Waals surface area contributed by atoms with Crippen LogP contribution >= 0.6 is 38.6 Å². The van der Waals surface area contributed by atoms with Crippen molar-refractivity contribution in [2.45, 2.75) is 19.9 Å². The van der Waals surface area contributed by atoms with Gasteiger partial charge in [-0.25, -0.2) is 9.97 Å². The Balaban J connectivity index is 1.32. The highest BCUT2D eigenvalue weighted by atomic mass is 79.9. The van der Waals surface area contributed by atoms with E-state index < -0.39 is 0 Å². The molecule has 4 aromatic rings. The van der Waals surface area contributed by atoms with Crippen LogP contribution in [0.25, 0.3) is 21.8 Å². The Morgan fingerprint density at radius 1 is 1.03 bits per heavy atom. The molecular weight excluding hydrogens is 466 g/mol. The fraction of sp³-hybridized carbons (Fsp3) is 0.136. The first-order valence-electron chi connectivity index (χ1n) is 9.05. The number of carbonyl (C=O) groups excluding carboxylic acids is 1. The van der Waals surface area contributed by atoms with Crippen LogP contribution in [0.15, 0.2) is 63.8 Å². The van der Waals surface area contributed by atoms with Crippen molar-refractivity contribution in [2.24, 2.45) is 0 Å². The summed E-state index contributed by atoms with van der Waals surface area (Å²) in [6.07, 6.45) is 0.278. The van der Waals surface area contributed by atoms with Gasteiger partial charge < -0.3 is 5.32 Å². The number of carbonyl (C=O) groups is 1. The Kier molecular flexibility index (Phi) is 6.18. The molecule has 4 rings (SSSR count). The number of halogens is 1. The predicted octanol–water partition coefficient (Wildman–Crippen LogP) is 5.86. The summed E-state index contributed by atoms with van der Waals surface area (Å²) in [6, 6.07) is 16.1. The van der Waals surface area contributed by atoms with E-state index in [2.05, 4.69) is 36.6 Å². The van der Waals surface area contributed by atoms with Crippen molar-refractivity contribution >= 4 is 44.5 Å². The fourth-order valence-corrected chi connectivity index (χ4v) is 4.70. The smallest absolute Gasteiger partial charge is 0.226 e. The van der Waals surface area contributed by atoms with Crippen molar-refractivity contribution in [3.63, 3.8) is 0 Å². The highest BCUT2D eigenvalue weighted by Crippen LogP contribution is 2.26. The second kappa shape index (κ2) is 8.98. The molecule has 1 N–H and O–H groups in total. The van der Waals surface area contributed by atoms with Gasteiger partial charge in [0.15, 0.2) is 0 Å². The number of nitrogens with one attached hydrogen (secondary N) is 1. The zero-order valence-electron chi connectivity index (χ0n) is 15.7. The lowest BCUT2D eigenvalue weighted by Gasteiger charge is -2.05. The van der Waals surface area contributed by atoms with Crippen molar-refractivity contribution in [1.82, 2.24) is 15.3 Å². The molecule has 0 radical (unpaired) electrons. The van der Waals surface area contributed by atoms with Gasteiger partial charge in [-0.1, -0.05) is 52.3 Å². The molecule has 4 nitrogen and oxygen atoms in total. The SMILES string of the molecule is Cc1nc(-c2ccc(CNC(=O)Cc3csc(-c4cccc(Br)c4)n3)cc2)cs1. The maximum atomic E-state index is 12.3. The van der Waals surface area contributed by atoms with E-state index in [9.17, 15) is 4.79 Å². The van der Waals surface area contributed by atoms with Gasteiger partial charge in [-0.05, 0) is 24.6 Å². The molecule has 0 unspecified atom stereocenters. The first-order valence-corrected chi connectivity index (χ1v) is 11.6. The Morgan fingerprint density at radius 2 is 1.86 bits per heavy atom. The van der Waals surface area contributed by atoms with E-state index in [0.29, 0.717) is 6.54 Å². The van der Waals surface area contributed by atoms with Crippen molar-refractivity contribution in [3.05, 3.63) is 80.0 Å². The molecular formula is C22H18BrN3OS2. The Hall–Kier alpha value is -2.35. The number of rotatable bonds is 6. The molecule has 146 valence electrons. The number of hydrogen-bond donors (Lipinski definition) is 1. The lowest BCUT2D eigenvalue weighted by molar-refractivity contribution is -0.120. The van der Waals surface area contributed by atoms with Gasteiger partial charge in [0.2, 0.25) is 5.91 Å². The molecule has 0 aliphatic heterocycles. The van der Waals surface area contributed by atoms with Gasteiger partial charge in [0.25, 0.3) is 0 Å². The first kappa shape index (κ1) is 19.9. The molecule has 0 atom stereocenters. The van der Waals surface area contributed by atoms with Gasteiger partial charge >= 0.3 is 0 Å². The van der Waals surface area contributed by atoms with Gasteiger partial charge in [-0.15, -0.1) is 22.7 Å². The lowest BCUT2D eigenvalue weighted by Crippen LogP contribution is -2.24. The van der Waals surface area contributed by atoms with Crippen LogP contribution in [0.2, 0.25) is 0 Å². The van der Waals surface area contributed by atoms with Crippen LogP contribution < -0.4 is 5.32 Å².